The first-order chi connectivity index (χ1) is 11.1. The number of likely N-dealkylation sites (tertiary alicyclic amines) is 1. The number of hydrogen-bond donors (Lipinski definition) is 1. The van der Waals surface area contributed by atoms with E-state index < -0.39 is 10.1 Å². The van der Waals surface area contributed by atoms with Crippen molar-refractivity contribution in [2.75, 3.05) is 20.1 Å². The Balaban J connectivity index is 1.75. The molecule has 1 aromatic carbocycles. The molecule has 5 heteroatoms. The van der Waals surface area contributed by atoms with E-state index in [9.17, 15) is 8.42 Å². The Morgan fingerprint density at radius 1 is 1.12 bits per heavy atom. The third kappa shape index (κ3) is 3.26. The molecule has 134 valence electrons. The second kappa shape index (κ2) is 6.11. The highest BCUT2D eigenvalue weighted by Gasteiger charge is 2.54. The third-order valence-electron chi connectivity index (χ3n) is 6.52. The van der Waals surface area contributed by atoms with Gasteiger partial charge < -0.3 is 4.90 Å². The standard InChI is InChI=1S/C19H29NO3S/c1-15-5-7-17(8-6-15)24(21,22)23-16-9-10-19(3)14-20(4)12-11-18(19,2)13-16/h5-8,16H,9-14H2,1-4H3/p+1/t16-,18+,19-/m1/s1. The van der Waals surface area contributed by atoms with Crippen molar-refractivity contribution in [2.24, 2.45) is 10.8 Å². The van der Waals surface area contributed by atoms with Crippen molar-refractivity contribution in [1.29, 1.82) is 0 Å². The minimum absolute atomic E-state index is 0.165. The van der Waals surface area contributed by atoms with Gasteiger partial charge in [-0.1, -0.05) is 31.5 Å². The topological polar surface area (TPSA) is 47.8 Å². The summed E-state index contributed by atoms with van der Waals surface area (Å²) in [6, 6.07) is 6.90. The van der Waals surface area contributed by atoms with E-state index in [4.69, 9.17) is 4.18 Å². The Hall–Kier alpha value is -0.910. The average Bonchev–Trinajstić information content (AvgIpc) is 2.49. The number of aryl methyl sites for hydroxylation is 1. The Morgan fingerprint density at radius 2 is 1.79 bits per heavy atom. The molecule has 0 spiro atoms. The van der Waals surface area contributed by atoms with Gasteiger partial charge in [0.2, 0.25) is 0 Å². The average molecular weight is 353 g/mol. The molecule has 0 bridgehead atoms. The van der Waals surface area contributed by atoms with Crippen molar-refractivity contribution >= 4 is 10.1 Å². The highest BCUT2D eigenvalue weighted by atomic mass is 32.2. The van der Waals surface area contributed by atoms with Crippen molar-refractivity contribution in [3.63, 3.8) is 0 Å². The van der Waals surface area contributed by atoms with Gasteiger partial charge >= 0.3 is 0 Å². The molecule has 2 aliphatic rings. The van der Waals surface area contributed by atoms with E-state index in [-0.39, 0.29) is 21.8 Å². The predicted molar refractivity (Wildman–Crippen MR) is 94.5 cm³/mol. The molecule has 1 aromatic rings. The molecule has 4 nitrogen and oxygen atoms in total. The van der Waals surface area contributed by atoms with E-state index in [0.717, 1.165) is 37.8 Å². The smallest absolute Gasteiger partial charge is 0.297 e. The van der Waals surface area contributed by atoms with Crippen LogP contribution in [0, 0.1) is 17.8 Å². The van der Waals surface area contributed by atoms with Crippen LogP contribution in [0.5, 0.6) is 0 Å². The molecule has 3 rings (SSSR count). The van der Waals surface area contributed by atoms with Gasteiger partial charge in [-0.15, -0.1) is 0 Å². The minimum Gasteiger partial charge on any atom is -0.337 e. The summed E-state index contributed by atoms with van der Waals surface area (Å²) in [5.41, 5.74) is 1.49. The molecule has 0 aromatic heterocycles. The van der Waals surface area contributed by atoms with E-state index in [1.54, 1.807) is 17.0 Å². The fourth-order valence-electron chi connectivity index (χ4n) is 4.60. The maximum Gasteiger partial charge on any atom is 0.297 e. The Labute approximate surface area is 146 Å². The number of quaternary nitrogens is 1. The van der Waals surface area contributed by atoms with E-state index in [1.165, 1.54) is 6.54 Å². The van der Waals surface area contributed by atoms with Crippen molar-refractivity contribution in [3.05, 3.63) is 29.8 Å². The largest absolute Gasteiger partial charge is 0.337 e. The van der Waals surface area contributed by atoms with Crippen LogP contribution in [0.1, 0.15) is 45.1 Å². The fourth-order valence-corrected chi connectivity index (χ4v) is 5.71. The molecule has 0 amide bonds. The monoisotopic (exact) mass is 352 g/mol. The number of rotatable bonds is 3. The molecule has 1 unspecified atom stereocenters. The number of hydrogen-bond acceptors (Lipinski definition) is 3. The molecule has 2 fully saturated rings. The molecule has 1 N–H and O–H groups in total. The van der Waals surface area contributed by atoms with Crippen LogP contribution in [-0.2, 0) is 14.3 Å². The maximum atomic E-state index is 12.6. The zero-order valence-electron chi connectivity index (χ0n) is 15.3. The second-order valence-electron chi connectivity index (χ2n) is 8.48. The molecule has 1 heterocycles. The summed E-state index contributed by atoms with van der Waals surface area (Å²) in [5.74, 6) is 0. The lowest BCUT2D eigenvalue weighted by Crippen LogP contribution is -3.12. The number of nitrogens with one attached hydrogen (secondary N) is 1. The van der Waals surface area contributed by atoms with Gasteiger partial charge in [-0.2, -0.15) is 8.42 Å². The molecule has 24 heavy (non-hydrogen) atoms. The number of fused-ring (bicyclic) bond motifs is 1. The van der Waals surface area contributed by atoms with Gasteiger partial charge in [-0.25, -0.2) is 0 Å². The third-order valence-corrected chi connectivity index (χ3v) is 7.90. The summed E-state index contributed by atoms with van der Waals surface area (Å²) in [7, 11) is -1.42. The maximum absolute atomic E-state index is 12.6. The summed E-state index contributed by atoms with van der Waals surface area (Å²) in [6.07, 6.45) is 3.63. The Bertz CT molecular complexity index is 700. The molecule has 1 aliphatic heterocycles. The number of benzene rings is 1. The minimum atomic E-state index is -3.68. The lowest BCUT2D eigenvalue weighted by molar-refractivity contribution is -0.897. The summed E-state index contributed by atoms with van der Waals surface area (Å²) in [6.45, 7) is 8.97. The molecular weight excluding hydrogens is 322 g/mol. The normalized spacial score (nSPS) is 37.0. The lowest BCUT2D eigenvalue weighted by atomic mass is 9.54. The van der Waals surface area contributed by atoms with E-state index in [1.807, 2.05) is 19.1 Å². The van der Waals surface area contributed by atoms with Gasteiger partial charge in [0.25, 0.3) is 10.1 Å². The first kappa shape index (κ1) is 17.9. The van der Waals surface area contributed by atoms with Crippen LogP contribution >= 0.6 is 0 Å². The Kier molecular flexibility index (Phi) is 4.56. The summed E-state index contributed by atoms with van der Waals surface area (Å²) in [4.78, 5) is 1.85. The zero-order valence-corrected chi connectivity index (χ0v) is 16.1. The van der Waals surface area contributed by atoms with E-state index >= 15 is 0 Å². The van der Waals surface area contributed by atoms with Crippen molar-refractivity contribution in [3.8, 4) is 0 Å². The van der Waals surface area contributed by atoms with Gasteiger partial charge in [-0.3, -0.25) is 4.18 Å². The predicted octanol–water partition coefficient (Wildman–Crippen LogP) is 2.18. The molecule has 1 aliphatic carbocycles. The quantitative estimate of drug-likeness (QED) is 0.849. The molecule has 1 saturated carbocycles. The van der Waals surface area contributed by atoms with E-state index in [0.29, 0.717) is 0 Å². The number of piperidine rings is 1. The van der Waals surface area contributed by atoms with Gasteiger partial charge in [0.05, 0.1) is 31.1 Å². The highest BCUT2D eigenvalue weighted by Crippen LogP contribution is 2.53. The van der Waals surface area contributed by atoms with Crippen molar-refractivity contribution < 1.29 is 17.5 Å². The van der Waals surface area contributed by atoms with Gasteiger partial charge in [0.15, 0.2) is 0 Å². The first-order valence-electron chi connectivity index (χ1n) is 8.95. The molecular formula is C19H30NO3S+. The van der Waals surface area contributed by atoms with Crippen LogP contribution in [0.25, 0.3) is 0 Å². The lowest BCUT2D eigenvalue weighted by Gasteiger charge is -2.55. The fraction of sp³-hybridized carbons (Fsp3) is 0.684. The van der Waals surface area contributed by atoms with Crippen LogP contribution in [0.2, 0.25) is 0 Å². The van der Waals surface area contributed by atoms with Crippen LogP contribution in [0.4, 0.5) is 0 Å². The molecule has 0 radical (unpaired) electrons. The van der Waals surface area contributed by atoms with Crippen LogP contribution in [-0.4, -0.2) is 34.7 Å². The van der Waals surface area contributed by atoms with Gasteiger partial charge in [-0.05, 0) is 43.7 Å². The highest BCUT2D eigenvalue weighted by molar-refractivity contribution is 7.86. The molecule has 1 saturated heterocycles. The van der Waals surface area contributed by atoms with Crippen LogP contribution in [0.15, 0.2) is 29.2 Å². The zero-order chi connectivity index (χ0) is 17.6. The van der Waals surface area contributed by atoms with Crippen molar-refractivity contribution in [1.82, 2.24) is 0 Å². The Morgan fingerprint density at radius 3 is 2.46 bits per heavy atom. The van der Waals surface area contributed by atoms with Crippen molar-refractivity contribution in [2.45, 2.75) is 57.5 Å². The summed E-state index contributed by atoms with van der Waals surface area (Å²) >= 11 is 0. The first-order valence-corrected chi connectivity index (χ1v) is 10.4. The van der Waals surface area contributed by atoms with E-state index in [2.05, 4.69) is 20.9 Å². The van der Waals surface area contributed by atoms with Crippen LogP contribution < -0.4 is 4.90 Å². The molecule has 4 atom stereocenters. The van der Waals surface area contributed by atoms with Gasteiger partial charge in [0, 0.05) is 11.8 Å². The second-order valence-corrected chi connectivity index (χ2v) is 10.1. The summed E-state index contributed by atoms with van der Waals surface area (Å²) < 4.78 is 30.8. The summed E-state index contributed by atoms with van der Waals surface area (Å²) in [5, 5.41) is 0. The van der Waals surface area contributed by atoms with Crippen LogP contribution in [0.3, 0.4) is 0 Å². The SMILES string of the molecule is Cc1ccc(S(=O)(=O)O[C@@H]2CC[C@]3(C)C[NH+](C)CC[C@@]3(C)C2)cc1. The van der Waals surface area contributed by atoms with Gasteiger partial charge in [0.1, 0.15) is 0 Å².